The summed E-state index contributed by atoms with van der Waals surface area (Å²) in [6.07, 6.45) is 2.70. The monoisotopic (exact) mass is 206 g/mol. The standard InChI is InChI=1S/C12H15FN2/c13-9-3-4-11-10(5-9)12(7-15-11)14-6-8-1-2-8/h3-5,8,12,14-15H,1-2,6-7H2. The normalized spacial score (nSPS) is 23.7. The van der Waals surface area contributed by atoms with Crippen molar-refractivity contribution in [1.82, 2.24) is 5.32 Å². The second-order valence-electron chi connectivity index (χ2n) is 4.52. The van der Waals surface area contributed by atoms with Crippen molar-refractivity contribution in [1.29, 1.82) is 0 Å². The van der Waals surface area contributed by atoms with Gasteiger partial charge < -0.3 is 10.6 Å². The molecular weight excluding hydrogens is 191 g/mol. The molecule has 3 rings (SSSR count). The molecule has 2 nitrogen and oxygen atoms in total. The first-order chi connectivity index (χ1) is 7.33. The van der Waals surface area contributed by atoms with Crippen LogP contribution in [0.5, 0.6) is 0 Å². The van der Waals surface area contributed by atoms with Crippen molar-refractivity contribution >= 4 is 5.69 Å². The zero-order valence-electron chi connectivity index (χ0n) is 8.59. The third-order valence-electron chi connectivity index (χ3n) is 3.24. The van der Waals surface area contributed by atoms with Gasteiger partial charge in [-0.15, -0.1) is 0 Å². The average molecular weight is 206 g/mol. The Labute approximate surface area is 88.9 Å². The lowest BCUT2D eigenvalue weighted by molar-refractivity contribution is 0.543. The van der Waals surface area contributed by atoms with Gasteiger partial charge in [0.1, 0.15) is 5.82 Å². The molecule has 1 unspecified atom stereocenters. The smallest absolute Gasteiger partial charge is 0.123 e. The number of benzene rings is 1. The molecule has 2 aliphatic rings. The molecule has 1 heterocycles. The van der Waals surface area contributed by atoms with E-state index in [0.29, 0.717) is 0 Å². The maximum atomic E-state index is 13.1. The van der Waals surface area contributed by atoms with Crippen molar-refractivity contribution in [3.63, 3.8) is 0 Å². The molecule has 1 aliphatic carbocycles. The van der Waals surface area contributed by atoms with Crippen molar-refractivity contribution in [2.75, 3.05) is 18.4 Å². The molecule has 1 atom stereocenters. The molecule has 2 N–H and O–H groups in total. The van der Waals surface area contributed by atoms with Gasteiger partial charge in [-0.05, 0) is 49.1 Å². The summed E-state index contributed by atoms with van der Waals surface area (Å²) in [5.41, 5.74) is 2.15. The highest BCUT2D eigenvalue weighted by molar-refractivity contribution is 5.57. The minimum atomic E-state index is -0.143. The van der Waals surface area contributed by atoms with Crippen molar-refractivity contribution in [3.8, 4) is 0 Å². The van der Waals surface area contributed by atoms with Crippen LogP contribution in [0, 0.1) is 11.7 Å². The van der Waals surface area contributed by atoms with E-state index in [1.54, 1.807) is 6.07 Å². The first kappa shape index (κ1) is 9.16. The summed E-state index contributed by atoms with van der Waals surface area (Å²) in [6, 6.07) is 5.26. The van der Waals surface area contributed by atoms with Crippen molar-refractivity contribution in [2.45, 2.75) is 18.9 Å². The number of rotatable bonds is 3. The first-order valence-corrected chi connectivity index (χ1v) is 5.59. The molecule has 1 saturated carbocycles. The summed E-state index contributed by atoms with van der Waals surface area (Å²) in [5.74, 6) is 0.721. The molecular formula is C12H15FN2. The summed E-state index contributed by atoms with van der Waals surface area (Å²) >= 11 is 0. The lowest BCUT2D eigenvalue weighted by Crippen LogP contribution is -2.24. The van der Waals surface area contributed by atoms with E-state index < -0.39 is 0 Å². The van der Waals surface area contributed by atoms with Crippen LogP contribution in [0.3, 0.4) is 0 Å². The third kappa shape index (κ3) is 1.84. The Balaban J connectivity index is 1.74. The lowest BCUT2D eigenvalue weighted by atomic mass is 10.1. The van der Waals surface area contributed by atoms with E-state index in [9.17, 15) is 4.39 Å². The van der Waals surface area contributed by atoms with Crippen LogP contribution < -0.4 is 10.6 Å². The van der Waals surface area contributed by atoms with Crippen LogP contribution in [-0.2, 0) is 0 Å². The molecule has 0 radical (unpaired) electrons. The molecule has 0 saturated heterocycles. The van der Waals surface area contributed by atoms with Gasteiger partial charge >= 0.3 is 0 Å². The van der Waals surface area contributed by atoms with Crippen LogP contribution in [-0.4, -0.2) is 13.1 Å². The minimum absolute atomic E-state index is 0.143. The maximum absolute atomic E-state index is 13.1. The molecule has 1 fully saturated rings. The van der Waals surface area contributed by atoms with Gasteiger partial charge in [-0.2, -0.15) is 0 Å². The van der Waals surface area contributed by atoms with Crippen LogP contribution in [0.4, 0.5) is 10.1 Å². The molecule has 3 heteroatoms. The molecule has 80 valence electrons. The summed E-state index contributed by atoms with van der Waals surface area (Å²) in [7, 11) is 0. The number of hydrogen-bond acceptors (Lipinski definition) is 2. The molecule has 0 amide bonds. The van der Waals surface area contributed by atoms with Gasteiger partial charge in [0.2, 0.25) is 0 Å². The van der Waals surface area contributed by atoms with Crippen LogP contribution in [0.2, 0.25) is 0 Å². The highest BCUT2D eigenvalue weighted by Gasteiger charge is 2.26. The summed E-state index contributed by atoms with van der Waals surface area (Å²) in [5, 5.41) is 6.79. The zero-order valence-corrected chi connectivity index (χ0v) is 8.59. The molecule has 0 aromatic heterocycles. The third-order valence-corrected chi connectivity index (χ3v) is 3.24. The highest BCUT2D eigenvalue weighted by Crippen LogP contribution is 2.32. The maximum Gasteiger partial charge on any atom is 0.123 e. The Morgan fingerprint density at radius 1 is 1.40 bits per heavy atom. The average Bonchev–Trinajstić information content (AvgIpc) is 2.97. The minimum Gasteiger partial charge on any atom is -0.383 e. The molecule has 1 aromatic carbocycles. The second kappa shape index (κ2) is 3.49. The highest BCUT2D eigenvalue weighted by atomic mass is 19.1. The van der Waals surface area contributed by atoms with E-state index >= 15 is 0 Å². The van der Waals surface area contributed by atoms with Gasteiger partial charge in [0, 0.05) is 12.2 Å². The quantitative estimate of drug-likeness (QED) is 0.793. The van der Waals surface area contributed by atoms with Crippen LogP contribution in [0.25, 0.3) is 0 Å². The SMILES string of the molecule is Fc1ccc2c(c1)C(NCC1CC1)CN2. The molecule has 0 bridgehead atoms. The predicted octanol–water partition coefficient (Wildman–Crippen LogP) is 2.29. The number of hydrogen-bond donors (Lipinski definition) is 2. The van der Waals surface area contributed by atoms with Gasteiger partial charge in [-0.25, -0.2) is 4.39 Å². The van der Waals surface area contributed by atoms with E-state index in [1.165, 1.54) is 18.9 Å². The first-order valence-electron chi connectivity index (χ1n) is 5.59. The van der Waals surface area contributed by atoms with Gasteiger partial charge in [0.15, 0.2) is 0 Å². The van der Waals surface area contributed by atoms with Crippen LogP contribution in [0.15, 0.2) is 18.2 Å². The summed E-state index contributed by atoms with van der Waals surface area (Å²) < 4.78 is 13.1. The van der Waals surface area contributed by atoms with Gasteiger partial charge in [-0.1, -0.05) is 0 Å². The van der Waals surface area contributed by atoms with Crippen molar-refractivity contribution < 1.29 is 4.39 Å². The van der Waals surface area contributed by atoms with E-state index in [-0.39, 0.29) is 11.9 Å². The fourth-order valence-corrected chi connectivity index (χ4v) is 2.12. The van der Waals surface area contributed by atoms with Crippen molar-refractivity contribution in [3.05, 3.63) is 29.6 Å². The van der Waals surface area contributed by atoms with Crippen LogP contribution >= 0.6 is 0 Å². The largest absolute Gasteiger partial charge is 0.383 e. The molecule has 0 spiro atoms. The Hall–Kier alpha value is -1.09. The number of halogens is 1. The van der Waals surface area contributed by atoms with Crippen LogP contribution in [0.1, 0.15) is 24.4 Å². The number of fused-ring (bicyclic) bond motifs is 1. The Bertz CT molecular complexity index is 374. The Morgan fingerprint density at radius 3 is 3.07 bits per heavy atom. The molecule has 1 aromatic rings. The Kier molecular flexibility index (Phi) is 2.13. The van der Waals surface area contributed by atoms with Gasteiger partial charge in [0.25, 0.3) is 0 Å². The lowest BCUT2D eigenvalue weighted by Gasteiger charge is -2.12. The van der Waals surface area contributed by atoms with E-state index in [2.05, 4.69) is 10.6 Å². The second-order valence-corrected chi connectivity index (χ2v) is 4.52. The van der Waals surface area contributed by atoms with E-state index in [1.807, 2.05) is 6.07 Å². The van der Waals surface area contributed by atoms with Gasteiger partial charge in [0.05, 0.1) is 6.04 Å². The predicted molar refractivity (Wildman–Crippen MR) is 58.4 cm³/mol. The van der Waals surface area contributed by atoms with E-state index in [0.717, 1.165) is 30.3 Å². The Morgan fingerprint density at radius 2 is 2.27 bits per heavy atom. The summed E-state index contributed by atoms with van der Waals surface area (Å²) in [4.78, 5) is 0. The summed E-state index contributed by atoms with van der Waals surface area (Å²) in [6.45, 7) is 1.95. The zero-order chi connectivity index (χ0) is 10.3. The fraction of sp³-hybridized carbons (Fsp3) is 0.500. The van der Waals surface area contributed by atoms with Crippen molar-refractivity contribution in [2.24, 2.45) is 5.92 Å². The molecule has 15 heavy (non-hydrogen) atoms. The number of anilines is 1. The number of nitrogens with one attached hydrogen (secondary N) is 2. The fourth-order valence-electron chi connectivity index (χ4n) is 2.12. The van der Waals surface area contributed by atoms with Gasteiger partial charge in [-0.3, -0.25) is 0 Å². The van der Waals surface area contributed by atoms with E-state index in [4.69, 9.17) is 0 Å². The topological polar surface area (TPSA) is 24.1 Å². The molecule has 1 aliphatic heterocycles.